The Labute approximate surface area is 119 Å². The van der Waals surface area contributed by atoms with Crippen molar-refractivity contribution in [3.8, 4) is 0 Å². The van der Waals surface area contributed by atoms with Gasteiger partial charge in [-0.1, -0.05) is 13.8 Å². The van der Waals surface area contributed by atoms with E-state index in [1.807, 2.05) is 0 Å². The zero-order valence-electron chi connectivity index (χ0n) is 11.8. The molecule has 1 saturated heterocycles. The molecule has 0 spiro atoms. The van der Waals surface area contributed by atoms with Crippen LogP contribution in [0.4, 0.5) is 5.95 Å². The number of hydrogen-bond donors (Lipinski definition) is 2. The van der Waals surface area contributed by atoms with Crippen LogP contribution in [0.3, 0.4) is 0 Å². The average molecular weight is 299 g/mol. The molecule has 0 amide bonds. The van der Waals surface area contributed by atoms with Gasteiger partial charge in [-0.15, -0.1) is 0 Å². The second-order valence-corrected chi connectivity index (χ2v) is 7.12. The van der Waals surface area contributed by atoms with Crippen molar-refractivity contribution in [3.63, 3.8) is 0 Å². The molecule has 0 aliphatic carbocycles. The van der Waals surface area contributed by atoms with Crippen LogP contribution in [0.1, 0.15) is 33.1 Å². The van der Waals surface area contributed by atoms with E-state index in [0.717, 1.165) is 19.3 Å². The molecule has 0 bridgehead atoms. The predicted molar refractivity (Wildman–Crippen MR) is 76.2 cm³/mol. The van der Waals surface area contributed by atoms with Crippen molar-refractivity contribution in [3.05, 3.63) is 12.4 Å². The first-order valence-electron chi connectivity index (χ1n) is 6.76. The number of nitrogens with one attached hydrogen (secondary N) is 1. The van der Waals surface area contributed by atoms with Gasteiger partial charge in [0, 0.05) is 13.1 Å². The van der Waals surface area contributed by atoms with Crippen LogP contribution in [0, 0.1) is 5.41 Å². The third-order valence-electron chi connectivity index (χ3n) is 4.30. The highest BCUT2D eigenvalue weighted by Crippen LogP contribution is 2.39. The number of hydrogen-bond acceptors (Lipinski definition) is 6. The van der Waals surface area contributed by atoms with Crippen molar-refractivity contribution in [1.82, 2.24) is 14.3 Å². The number of nitrogen functional groups attached to an aromatic ring is 1. The molecule has 0 unspecified atom stereocenters. The molecule has 0 aromatic carbocycles. The van der Waals surface area contributed by atoms with Crippen LogP contribution in [-0.4, -0.2) is 35.8 Å². The van der Waals surface area contributed by atoms with Gasteiger partial charge in [-0.3, -0.25) is 5.43 Å². The van der Waals surface area contributed by atoms with Crippen molar-refractivity contribution in [2.24, 2.45) is 11.3 Å². The van der Waals surface area contributed by atoms with Crippen LogP contribution in [0.15, 0.2) is 17.3 Å². The van der Waals surface area contributed by atoms with Gasteiger partial charge in [-0.05, 0) is 24.7 Å². The van der Waals surface area contributed by atoms with Crippen molar-refractivity contribution in [1.29, 1.82) is 0 Å². The van der Waals surface area contributed by atoms with Gasteiger partial charge in [0.25, 0.3) is 0 Å². The Bertz CT molecular complexity index is 554. The summed E-state index contributed by atoms with van der Waals surface area (Å²) in [7, 11) is -3.52. The van der Waals surface area contributed by atoms with E-state index in [4.69, 9.17) is 5.84 Å². The Morgan fingerprint density at radius 1 is 1.35 bits per heavy atom. The molecule has 1 aliphatic heterocycles. The number of hydrazine groups is 1. The highest BCUT2D eigenvalue weighted by Gasteiger charge is 2.40. The second kappa shape index (κ2) is 5.63. The molecule has 1 aliphatic rings. The van der Waals surface area contributed by atoms with E-state index in [1.165, 1.54) is 16.7 Å². The summed E-state index contributed by atoms with van der Waals surface area (Å²) >= 11 is 0. The van der Waals surface area contributed by atoms with Gasteiger partial charge in [0.15, 0.2) is 0 Å². The maximum absolute atomic E-state index is 12.5. The fourth-order valence-electron chi connectivity index (χ4n) is 2.60. The molecule has 0 radical (unpaired) electrons. The van der Waals surface area contributed by atoms with E-state index < -0.39 is 10.0 Å². The van der Waals surface area contributed by atoms with Crippen molar-refractivity contribution < 1.29 is 8.42 Å². The van der Waals surface area contributed by atoms with Crippen LogP contribution in [0.2, 0.25) is 0 Å². The molecular weight excluding hydrogens is 278 g/mol. The Hall–Kier alpha value is -1.25. The maximum Gasteiger partial charge on any atom is 0.246 e. The molecule has 0 atom stereocenters. The number of nitrogens with zero attached hydrogens (tertiary/aromatic N) is 3. The molecular formula is C12H21N5O2S. The molecule has 2 rings (SSSR count). The molecule has 8 heteroatoms. The highest BCUT2D eigenvalue weighted by molar-refractivity contribution is 7.89. The molecule has 0 saturated carbocycles. The number of sulfonamides is 1. The molecule has 1 fully saturated rings. The van der Waals surface area contributed by atoms with Crippen LogP contribution >= 0.6 is 0 Å². The van der Waals surface area contributed by atoms with Gasteiger partial charge in [-0.2, -0.15) is 4.31 Å². The number of aromatic nitrogens is 2. The van der Waals surface area contributed by atoms with E-state index in [0.29, 0.717) is 13.1 Å². The summed E-state index contributed by atoms with van der Waals surface area (Å²) in [6, 6.07) is 0. The molecule has 1 aromatic rings. The Morgan fingerprint density at radius 2 is 1.95 bits per heavy atom. The molecule has 2 heterocycles. The largest absolute Gasteiger partial charge is 0.292 e. The monoisotopic (exact) mass is 299 g/mol. The quantitative estimate of drug-likeness (QED) is 0.620. The lowest BCUT2D eigenvalue weighted by Gasteiger charge is -2.26. The van der Waals surface area contributed by atoms with Crippen molar-refractivity contribution in [2.45, 2.75) is 38.0 Å². The zero-order valence-corrected chi connectivity index (χ0v) is 12.7. The summed E-state index contributed by atoms with van der Waals surface area (Å²) < 4.78 is 26.6. The van der Waals surface area contributed by atoms with E-state index >= 15 is 0 Å². The summed E-state index contributed by atoms with van der Waals surface area (Å²) in [6.07, 6.45) is 5.46. The van der Waals surface area contributed by atoms with E-state index in [2.05, 4.69) is 29.2 Å². The second-order valence-electron chi connectivity index (χ2n) is 5.18. The van der Waals surface area contributed by atoms with E-state index in [1.54, 1.807) is 0 Å². The van der Waals surface area contributed by atoms with Crippen LogP contribution in [0.5, 0.6) is 0 Å². The van der Waals surface area contributed by atoms with Crippen LogP contribution < -0.4 is 11.3 Å². The highest BCUT2D eigenvalue weighted by atomic mass is 32.2. The summed E-state index contributed by atoms with van der Waals surface area (Å²) in [5.41, 5.74) is 2.38. The normalized spacial score (nSPS) is 19.1. The Morgan fingerprint density at radius 3 is 2.40 bits per heavy atom. The molecule has 1 aromatic heterocycles. The summed E-state index contributed by atoms with van der Waals surface area (Å²) in [6.45, 7) is 5.36. The minimum Gasteiger partial charge on any atom is -0.292 e. The van der Waals surface area contributed by atoms with Crippen LogP contribution in [0.25, 0.3) is 0 Å². The Balaban J connectivity index is 2.23. The minimum atomic E-state index is -3.52. The topological polar surface area (TPSA) is 101 Å². The number of rotatable bonds is 5. The summed E-state index contributed by atoms with van der Waals surface area (Å²) in [5.74, 6) is 5.36. The van der Waals surface area contributed by atoms with Crippen molar-refractivity contribution >= 4 is 16.0 Å². The van der Waals surface area contributed by atoms with Gasteiger partial charge < -0.3 is 0 Å². The zero-order chi connectivity index (χ0) is 14.8. The average Bonchev–Trinajstić information content (AvgIpc) is 2.93. The van der Waals surface area contributed by atoms with Gasteiger partial charge in [-0.25, -0.2) is 24.2 Å². The first kappa shape index (κ1) is 15.1. The fraction of sp³-hybridized carbons (Fsp3) is 0.667. The van der Waals surface area contributed by atoms with Gasteiger partial charge in [0.1, 0.15) is 4.90 Å². The third kappa shape index (κ3) is 2.63. The molecule has 3 N–H and O–H groups in total. The minimum absolute atomic E-state index is 0.104. The summed E-state index contributed by atoms with van der Waals surface area (Å²) in [4.78, 5) is 7.83. The SMILES string of the molecule is CCC1(CC)CCN(S(=O)(=O)c2cnc(NN)nc2)C1. The van der Waals surface area contributed by atoms with E-state index in [-0.39, 0.29) is 16.3 Å². The van der Waals surface area contributed by atoms with Crippen molar-refractivity contribution in [2.75, 3.05) is 18.5 Å². The van der Waals surface area contributed by atoms with Gasteiger partial charge in [0.05, 0.1) is 12.4 Å². The molecule has 7 nitrogen and oxygen atoms in total. The Kier molecular flexibility index (Phi) is 4.26. The van der Waals surface area contributed by atoms with Gasteiger partial charge in [0.2, 0.25) is 16.0 Å². The third-order valence-corrected chi connectivity index (χ3v) is 6.10. The standard InChI is InChI=1S/C12H21N5O2S/c1-3-12(4-2)5-6-17(9-12)20(18,19)10-7-14-11(16-13)15-8-10/h7-8H,3-6,9,13H2,1-2H3,(H,14,15,16). The maximum atomic E-state index is 12.5. The van der Waals surface area contributed by atoms with Crippen LogP contribution in [-0.2, 0) is 10.0 Å². The number of nitrogens with two attached hydrogens (primary N) is 1. The summed E-state index contributed by atoms with van der Waals surface area (Å²) in [5, 5.41) is 0. The van der Waals surface area contributed by atoms with Gasteiger partial charge >= 0.3 is 0 Å². The first-order valence-corrected chi connectivity index (χ1v) is 8.20. The lowest BCUT2D eigenvalue weighted by Crippen LogP contribution is -2.32. The lowest BCUT2D eigenvalue weighted by molar-refractivity contribution is 0.279. The molecule has 112 valence electrons. The fourth-order valence-corrected chi connectivity index (χ4v) is 4.04. The molecule has 20 heavy (non-hydrogen) atoms. The van der Waals surface area contributed by atoms with E-state index in [9.17, 15) is 8.42 Å². The lowest BCUT2D eigenvalue weighted by atomic mass is 9.82. The predicted octanol–water partition coefficient (Wildman–Crippen LogP) is 0.963. The number of anilines is 1. The smallest absolute Gasteiger partial charge is 0.246 e. The first-order chi connectivity index (χ1) is 9.47.